The smallest absolute Gasteiger partial charge is 0.339 e. The SMILES string of the molecule is COC(=O)c1cc(Br)ccc1Sc1ccc(C(=O)O)cc1. The monoisotopic (exact) mass is 366 g/mol. The van der Waals surface area contributed by atoms with E-state index in [1.54, 1.807) is 18.2 Å². The summed E-state index contributed by atoms with van der Waals surface area (Å²) in [5, 5.41) is 8.87. The second-order valence-electron chi connectivity index (χ2n) is 4.06. The third-order valence-corrected chi connectivity index (χ3v) is 4.25. The maximum absolute atomic E-state index is 11.8. The Morgan fingerprint density at radius 2 is 1.81 bits per heavy atom. The molecule has 6 heteroatoms. The lowest BCUT2D eigenvalue weighted by molar-refractivity contribution is 0.0596. The number of carboxylic acids is 1. The first-order valence-electron chi connectivity index (χ1n) is 5.90. The topological polar surface area (TPSA) is 63.6 Å². The summed E-state index contributed by atoms with van der Waals surface area (Å²) in [6, 6.07) is 11.8. The fourth-order valence-electron chi connectivity index (χ4n) is 1.65. The van der Waals surface area contributed by atoms with E-state index in [-0.39, 0.29) is 5.56 Å². The highest BCUT2D eigenvalue weighted by Gasteiger charge is 2.13. The minimum Gasteiger partial charge on any atom is -0.478 e. The third kappa shape index (κ3) is 3.86. The first kappa shape index (κ1) is 15.6. The molecule has 2 rings (SSSR count). The maximum Gasteiger partial charge on any atom is 0.339 e. The largest absolute Gasteiger partial charge is 0.478 e. The van der Waals surface area contributed by atoms with E-state index in [2.05, 4.69) is 15.9 Å². The molecular weight excluding hydrogens is 356 g/mol. The normalized spacial score (nSPS) is 10.2. The van der Waals surface area contributed by atoms with Gasteiger partial charge in [-0.05, 0) is 42.5 Å². The summed E-state index contributed by atoms with van der Waals surface area (Å²) >= 11 is 4.69. The summed E-state index contributed by atoms with van der Waals surface area (Å²) in [5.74, 6) is -1.38. The molecule has 0 spiro atoms. The molecule has 21 heavy (non-hydrogen) atoms. The standard InChI is InChI=1S/C15H11BrO4S/c1-20-15(19)12-8-10(16)4-7-13(12)21-11-5-2-9(3-6-11)14(17)18/h2-8H,1H3,(H,17,18). The van der Waals surface area contributed by atoms with Crippen molar-refractivity contribution in [2.45, 2.75) is 9.79 Å². The zero-order chi connectivity index (χ0) is 15.4. The van der Waals surface area contributed by atoms with Crippen molar-refractivity contribution in [2.75, 3.05) is 7.11 Å². The lowest BCUT2D eigenvalue weighted by atomic mass is 10.2. The van der Waals surface area contributed by atoms with Crippen LogP contribution in [0.2, 0.25) is 0 Å². The van der Waals surface area contributed by atoms with E-state index in [0.717, 1.165) is 14.3 Å². The van der Waals surface area contributed by atoms with Crippen LogP contribution in [0.4, 0.5) is 0 Å². The van der Waals surface area contributed by atoms with E-state index in [1.165, 1.54) is 31.0 Å². The molecule has 0 atom stereocenters. The van der Waals surface area contributed by atoms with Gasteiger partial charge in [-0.1, -0.05) is 27.7 Å². The summed E-state index contributed by atoms with van der Waals surface area (Å²) in [5.41, 5.74) is 0.683. The fraction of sp³-hybridized carbons (Fsp3) is 0.0667. The minimum atomic E-state index is -0.967. The average Bonchev–Trinajstić information content (AvgIpc) is 2.48. The lowest BCUT2D eigenvalue weighted by Crippen LogP contribution is -2.03. The summed E-state index contributed by atoms with van der Waals surface area (Å²) in [6.07, 6.45) is 0. The van der Waals surface area contributed by atoms with Gasteiger partial charge < -0.3 is 9.84 Å². The van der Waals surface area contributed by atoms with Crippen LogP contribution in [0, 0.1) is 0 Å². The lowest BCUT2D eigenvalue weighted by Gasteiger charge is -2.08. The highest BCUT2D eigenvalue weighted by atomic mass is 79.9. The minimum absolute atomic E-state index is 0.225. The van der Waals surface area contributed by atoms with E-state index in [4.69, 9.17) is 9.84 Å². The number of benzene rings is 2. The molecule has 0 radical (unpaired) electrons. The van der Waals surface area contributed by atoms with E-state index >= 15 is 0 Å². The van der Waals surface area contributed by atoms with Crippen LogP contribution in [-0.4, -0.2) is 24.2 Å². The van der Waals surface area contributed by atoms with Crippen LogP contribution in [0.5, 0.6) is 0 Å². The Balaban J connectivity index is 2.30. The van der Waals surface area contributed by atoms with Crippen molar-refractivity contribution < 1.29 is 19.4 Å². The number of rotatable bonds is 4. The van der Waals surface area contributed by atoms with Crippen molar-refractivity contribution in [1.29, 1.82) is 0 Å². The zero-order valence-electron chi connectivity index (χ0n) is 11.0. The fourth-order valence-corrected chi connectivity index (χ4v) is 2.93. The van der Waals surface area contributed by atoms with Crippen molar-refractivity contribution in [3.63, 3.8) is 0 Å². The van der Waals surface area contributed by atoms with Crippen molar-refractivity contribution >= 4 is 39.6 Å². The number of carbonyl (C=O) groups is 2. The van der Waals surface area contributed by atoms with Gasteiger partial charge in [0.2, 0.25) is 0 Å². The molecule has 0 amide bonds. The maximum atomic E-state index is 11.8. The van der Waals surface area contributed by atoms with Gasteiger partial charge in [-0.3, -0.25) is 0 Å². The molecule has 4 nitrogen and oxygen atoms in total. The molecule has 0 aliphatic heterocycles. The Hall–Kier alpha value is -1.79. The molecule has 0 bridgehead atoms. The number of aromatic carboxylic acids is 1. The summed E-state index contributed by atoms with van der Waals surface area (Å²) in [6.45, 7) is 0. The Labute approximate surface area is 134 Å². The highest BCUT2D eigenvalue weighted by molar-refractivity contribution is 9.10. The summed E-state index contributed by atoms with van der Waals surface area (Å²) in [7, 11) is 1.33. The molecule has 0 aliphatic rings. The number of esters is 1. The Kier molecular flexibility index (Phi) is 5.03. The molecule has 1 N–H and O–H groups in total. The van der Waals surface area contributed by atoms with Crippen LogP contribution >= 0.6 is 27.7 Å². The van der Waals surface area contributed by atoms with E-state index < -0.39 is 11.9 Å². The van der Waals surface area contributed by atoms with Gasteiger partial charge in [0.15, 0.2) is 0 Å². The van der Waals surface area contributed by atoms with Crippen LogP contribution in [0.1, 0.15) is 20.7 Å². The second-order valence-corrected chi connectivity index (χ2v) is 6.09. The molecule has 0 saturated heterocycles. The van der Waals surface area contributed by atoms with Gasteiger partial charge in [0.1, 0.15) is 0 Å². The molecule has 0 aromatic heterocycles. The predicted octanol–water partition coefficient (Wildman–Crippen LogP) is 4.09. The Morgan fingerprint density at radius 1 is 1.14 bits per heavy atom. The number of methoxy groups -OCH3 is 1. The summed E-state index contributed by atoms with van der Waals surface area (Å²) in [4.78, 5) is 24.2. The molecule has 0 aliphatic carbocycles. The molecule has 2 aromatic carbocycles. The number of hydrogen-bond donors (Lipinski definition) is 1. The van der Waals surface area contributed by atoms with Crippen molar-refractivity contribution in [2.24, 2.45) is 0 Å². The average molecular weight is 367 g/mol. The molecule has 0 saturated carbocycles. The first-order chi connectivity index (χ1) is 10.0. The van der Waals surface area contributed by atoms with Gasteiger partial charge in [-0.15, -0.1) is 0 Å². The number of carboxylic acid groups (broad SMARTS) is 1. The Bertz CT molecular complexity index is 683. The first-order valence-corrected chi connectivity index (χ1v) is 7.51. The van der Waals surface area contributed by atoms with Crippen molar-refractivity contribution in [3.05, 3.63) is 58.1 Å². The number of ether oxygens (including phenoxy) is 1. The van der Waals surface area contributed by atoms with Gasteiger partial charge in [0, 0.05) is 14.3 Å². The van der Waals surface area contributed by atoms with Crippen LogP contribution in [0.15, 0.2) is 56.7 Å². The molecule has 0 unspecified atom stereocenters. The number of halogens is 1. The third-order valence-electron chi connectivity index (χ3n) is 2.68. The van der Waals surface area contributed by atoms with Crippen LogP contribution in [0.3, 0.4) is 0 Å². The van der Waals surface area contributed by atoms with E-state index in [0.29, 0.717) is 5.56 Å². The zero-order valence-corrected chi connectivity index (χ0v) is 13.4. The van der Waals surface area contributed by atoms with Gasteiger partial charge in [-0.2, -0.15) is 0 Å². The van der Waals surface area contributed by atoms with Crippen LogP contribution in [0.25, 0.3) is 0 Å². The number of carbonyl (C=O) groups excluding carboxylic acids is 1. The quantitative estimate of drug-likeness (QED) is 0.825. The second kappa shape index (κ2) is 6.78. The van der Waals surface area contributed by atoms with Crippen LogP contribution in [-0.2, 0) is 4.74 Å². The Morgan fingerprint density at radius 3 is 2.38 bits per heavy atom. The van der Waals surface area contributed by atoms with Gasteiger partial charge in [-0.25, -0.2) is 9.59 Å². The van der Waals surface area contributed by atoms with E-state index in [1.807, 2.05) is 12.1 Å². The molecule has 108 valence electrons. The van der Waals surface area contributed by atoms with Crippen molar-refractivity contribution in [1.82, 2.24) is 0 Å². The highest BCUT2D eigenvalue weighted by Crippen LogP contribution is 2.32. The van der Waals surface area contributed by atoms with Gasteiger partial charge in [0.05, 0.1) is 18.2 Å². The molecule has 0 fully saturated rings. The predicted molar refractivity (Wildman–Crippen MR) is 83.0 cm³/mol. The van der Waals surface area contributed by atoms with E-state index in [9.17, 15) is 9.59 Å². The molecular formula is C15H11BrO4S. The van der Waals surface area contributed by atoms with Gasteiger partial charge in [0.25, 0.3) is 0 Å². The number of hydrogen-bond acceptors (Lipinski definition) is 4. The molecule has 2 aromatic rings. The van der Waals surface area contributed by atoms with Gasteiger partial charge >= 0.3 is 11.9 Å². The molecule has 0 heterocycles. The summed E-state index contributed by atoms with van der Waals surface area (Å²) < 4.78 is 5.56. The van der Waals surface area contributed by atoms with Crippen LogP contribution < -0.4 is 0 Å². The van der Waals surface area contributed by atoms with Crippen molar-refractivity contribution in [3.8, 4) is 0 Å².